The number of fused-ring (bicyclic) bond motifs is 13. The zero-order valence-electron chi connectivity index (χ0n) is 37.2. The van der Waals surface area contributed by atoms with Crippen LogP contribution in [-0.4, -0.2) is 0 Å². The van der Waals surface area contributed by atoms with E-state index >= 15 is 0 Å². The Labute approximate surface area is 399 Å². The van der Waals surface area contributed by atoms with Crippen molar-refractivity contribution in [3.63, 3.8) is 0 Å². The van der Waals surface area contributed by atoms with E-state index in [1.807, 2.05) is 11.3 Å². The normalized spacial score (nSPS) is 11.5. The van der Waals surface area contributed by atoms with Crippen molar-refractivity contribution in [1.82, 2.24) is 0 Å². The summed E-state index contributed by atoms with van der Waals surface area (Å²) in [6, 6.07) is 96.0. The quantitative estimate of drug-likeness (QED) is 0.161. The molecule has 318 valence electrons. The maximum absolute atomic E-state index is 2.40. The number of hydrogen-bond acceptors (Lipinski definition) is 2. The van der Waals surface area contributed by atoms with Crippen LogP contribution < -0.4 is 4.90 Å². The van der Waals surface area contributed by atoms with Crippen LogP contribution in [0.2, 0.25) is 0 Å². The van der Waals surface area contributed by atoms with Crippen LogP contribution in [0.5, 0.6) is 0 Å². The molecule has 12 aromatic carbocycles. The first-order valence-electron chi connectivity index (χ1n) is 23.3. The Bertz CT molecular complexity index is 4040. The molecule has 1 heterocycles. The minimum Gasteiger partial charge on any atom is -0.310 e. The second kappa shape index (κ2) is 16.7. The molecule has 2 heteroatoms. The van der Waals surface area contributed by atoms with Gasteiger partial charge in [0.05, 0.1) is 0 Å². The van der Waals surface area contributed by atoms with Crippen molar-refractivity contribution in [2.45, 2.75) is 0 Å². The summed E-state index contributed by atoms with van der Waals surface area (Å²) in [4.78, 5) is 2.40. The molecule has 0 atom stereocenters. The molecule has 68 heavy (non-hydrogen) atoms. The molecule has 0 aliphatic heterocycles. The maximum Gasteiger partial charge on any atom is 0.0467 e. The number of benzene rings is 11. The van der Waals surface area contributed by atoms with E-state index in [9.17, 15) is 0 Å². The summed E-state index contributed by atoms with van der Waals surface area (Å²) in [7, 11) is 0. The van der Waals surface area contributed by atoms with Gasteiger partial charge in [0.25, 0.3) is 0 Å². The average Bonchev–Trinajstić information content (AvgIpc) is 3.79. The fraction of sp³-hybridized carbons (Fsp3) is 0. The molecule has 1 nitrogen and oxygen atoms in total. The molecule has 13 aromatic rings. The lowest BCUT2D eigenvalue weighted by atomic mass is 9.90. The standard InChI is InChI=1S/C66H43NS/c1-2-16-44(17-3-1)45-32-37-49(38-33-45)67(50-39-34-46(35-40-50)47-36-41-65-63(43-47)60-27-12-13-31-64(60)68-65)51-19-14-18-48(42-51)52-29-15-30-62-59-25-9-8-24-57(59)55-21-5-4-20-53(55)54-22-6-7-23-56(54)58-26-10-11-28-61(58)66(52)62/h1-43H. The van der Waals surface area contributed by atoms with Crippen molar-refractivity contribution in [3.8, 4) is 33.4 Å². The highest BCUT2D eigenvalue weighted by Crippen LogP contribution is 2.43. The minimum atomic E-state index is 1.08. The van der Waals surface area contributed by atoms with Gasteiger partial charge >= 0.3 is 0 Å². The van der Waals surface area contributed by atoms with Crippen molar-refractivity contribution >= 4 is 102 Å². The van der Waals surface area contributed by atoms with Crippen LogP contribution in [0, 0.1) is 0 Å². The van der Waals surface area contributed by atoms with Crippen molar-refractivity contribution < 1.29 is 0 Å². The van der Waals surface area contributed by atoms with Crippen LogP contribution in [0.25, 0.3) is 107 Å². The van der Waals surface area contributed by atoms with Crippen LogP contribution >= 0.6 is 11.3 Å². The second-order valence-corrected chi connectivity index (χ2v) is 18.6. The Kier molecular flexibility index (Phi) is 9.77. The van der Waals surface area contributed by atoms with Gasteiger partial charge in [-0.05, 0) is 142 Å². The Morgan fingerprint density at radius 1 is 0.221 bits per heavy atom. The predicted molar refractivity (Wildman–Crippen MR) is 295 cm³/mol. The molecule has 0 saturated heterocycles. The molecule has 0 amide bonds. The fourth-order valence-electron chi connectivity index (χ4n) is 10.5. The molecule has 0 aliphatic rings. The third-order valence-electron chi connectivity index (χ3n) is 13.7. The van der Waals surface area contributed by atoms with Crippen LogP contribution in [0.1, 0.15) is 0 Å². The summed E-state index contributed by atoms with van der Waals surface area (Å²) in [5, 5.41) is 14.8. The van der Waals surface area contributed by atoms with Crippen molar-refractivity contribution in [1.29, 1.82) is 0 Å². The van der Waals surface area contributed by atoms with Gasteiger partial charge in [-0.1, -0.05) is 206 Å². The molecule has 0 spiro atoms. The molecule has 1 aromatic heterocycles. The third kappa shape index (κ3) is 6.85. The van der Waals surface area contributed by atoms with Crippen molar-refractivity contribution in [2.24, 2.45) is 0 Å². The molecule has 0 bridgehead atoms. The molecular formula is C66H43NS. The van der Waals surface area contributed by atoms with E-state index in [-0.39, 0.29) is 0 Å². The lowest BCUT2D eigenvalue weighted by molar-refractivity contribution is 1.28. The highest BCUT2D eigenvalue weighted by Gasteiger charge is 2.17. The number of anilines is 3. The number of nitrogens with zero attached hydrogens (tertiary/aromatic N) is 1. The Morgan fingerprint density at radius 2 is 0.618 bits per heavy atom. The van der Waals surface area contributed by atoms with Gasteiger partial charge in [-0.15, -0.1) is 11.3 Å². The van der Waals surface area contributed by atoms with Gasteiger partial charge in [-0.3, -0.25) is 0 Å². The highest BCUT2D eigenvalue weighted by molar-refractivity contribution is 7.25. The van der Waals surface area contributed by atoms with E-state index in [4.69, 9.17) is 0 Å². The van der Waals surface area contributed by atoms with Gasteiger partial charge in [-0.2, -0.15) is 0 Å². The van der Waals surface area contributed by atoms with Crippen molar-refractivity contribution in [3.05, 3.63) is 261 Å². The van der Waals surface area contributed by atoms with E-state index in [0.29, 0.717) is 0 Å². The first kappa shape index (κ1) is 39.8. The highest BCUT2D eigenvalue weighted by atomic mass is 32.1. The molecule has 0 radical (unpaired) electrons. The van der Waals surface area contributed by atoms with E-state index in [1.54, 1.807) is 0 Å². The average molecular weight is 882 g/mol. The van der Waals surface area contributed by atoms with E-state index in [1.165, 1.54) is 102 Å². The Hall–Kier alpha value is -8.56. The first-order chi connectivity index (χ1) is 33.7. The molecule has 0 saturated carbocycles. The molecule has 0 fully saturated rings. The summed E-state index contributed by atoms with van der Waals surface area (Å²) in [5.41, 5.74) is 10.4. The molecule has 13 rings (SSSR count). The first-order valence-corrected chi connectivity index (χ1v) is 24.1. The molecule has 0 N–H and O–H groups in total. The summed E-state index contributed by atoms with van der Waals surface area (Å²) >= 11 is 1.86. The summed E-state index contributed by atoms with van der Waals surface area (Å²) < 4.78 is 2.64. The SMILES string of the molecule is c1ccc(-c2ccc(N(c3ccc(-c4ccc5sc6ccccc6c5c4)cc3)c3cccc(-c4cccc5c6ccccc6c6ccccc6c6ccccc6c6ccccc6c45)c3)cc2)cc1. The van der Waals surface area contributed by atoms with Crippen LogP contribution in [0.3, 0.4) is 0 Å². The number of rotatable bonds is 6. The largest absolute Gasteiger partial charge is 0.310 e. The lowest BCUT2D eigenvalue weighted by Gasteiger charge is -2.26. The summed E-state index contributed by atoms with van der Waals surface area (Å²) in [6.07, 6.45) is 0. The van der Waals surface area contributed by atoms with Gasteiger partial charge in [0.15, 0.2) is 0 Å². The third-order valence-corrected chi connectivity index (χ3v) is 14.8. The molecule has 0 aliphatic carbocycles. The summed E-state index contributed by atoms with van der Waals surface area (Å²) in [6.45, 7) is 0. The zero-order chi connectivity index (χ0) is 45.0. The summed E-state index contributed by atoms with van der Waals surface area (Å²) in [5.74, 6) is 0. The zero-order valence-corrected chi connectivity index (χ0v) is 38.0. The second-order valence-electron chi connectivity index (χ2n) is 17.6. The topological polar surface area (TPSA) is 3.24 Å². The molecular weight excluding hydrogens is 839 g/mol. The minimum absolute atomic E-state index is 1.08. The van der Waals surface area contributed by atoms with Gasteiger partial charge in [0.2, 0.25) is 0 Å². The van der Waals surface area contributed by atoms with Gasteiger partial charge < -0.3 is 4.90 Å². The van der Waals surface area contributed by atoms with Crippen LogP contribution in [0.4, 0.5) is 17.1 Å². The van der Waals surface area contributed by atoms with Crippen molar-refractivity contribution in [2.75, 3.05) is 4.90 Å². The molecule has 0 unspecified atom stereocenters. The van der Waals surface area contributed by atoms with E-state index in [2.05, 4.69) is 266 Å². The predicted octanol–water partition coefficient (Wildman–Crippen LogP) is 19.4. The van der Waals surface area contributed by atoms with Gasteiger partial charge in [0, 0.05) is 37.2 Å². The maximum atomic E-state index is 2.40. The Balaban J connectivity index is 1.02. The lowest BCUT2D eigenvalue weighted by Crippen LogP contribution is -2.10. The van der Waals surface area contributed by atoms with Gasteiger partial charge in [0.1, 0.15) is 0 Å². The number of hydrogen-bond donors (Lipinski definition) is 0. The van der Waals surface area contributed by atoms with E-state index in [0.717, 1.165) is 22.6 Å². The van der Waals surface area contributed by atoms with Crippen LogP contribution in [-0.2, 0) is 0 Å². The smallest absolute Gasteiger partial charge is 0.0467 e. The fourth-order valence-corrected chi connectivity index (χ4v) is 11.6. The monoisotopic (exact) mass is 881 g/mol. The number of thiophene rings is 1. The Morgan fingerprint density at radius 3 is 1.19 bits per heavy atom. The van der Waals surface area contributed by atoms with E-state index < -0.39 is 0 Å². The van der Waals surface area contributed by atoms with Crippen LogP contribution in [0.15, 0.2) is 261 Å². The van der Waals surface area contributed by atoms with Gasteiger partial charge in [-0.25, -0.2) is 0 Å².